The van der Waals surface area contributed by atoms with E-state index in [1.54, 1.807) is 0 Å². The lowest BCUT2D eigenvalue weighted by molar-refractivity contribution is -0.164. The smallest absolute Gasteiger partial charge is 0.308 e. The summed E-state index contributed by atoms with van der Waals surface area (Å²) in [5.74, 6) is -0.943. The van der Waals surface area contributed by atoms with Gasteiger partial charge in [-0.1, -0.05) is 90.4 Å². The van der Waals surface area contributed by atoms with Gasteiger partial charge in [0, 0.05) is 26.2 Å². The van der Waals surface area contributed by atoms with Gasteiger partial charge in [0.05, 0.1) is 24.7 Å². The van der Waals surface area contributed by atoms with E-state index < -0.39 is 42.5 Å². The molecule has 1 aliphatic rings. The van der Waals surface area contributed by atoms with Crippen LogP contribution in [-0.4, -0.2) is 57.8 Å². The highest BCUT2D eigenvalue weighted by Crippen LogP contribution is 2.23. The first-order chi connectivity index (χ1) is 16.8. The Hall–Kier alpha value is -1.18. The maximum absolute atomic E-state index is 11.5. The lowest BCUT2D eigenvalue weighted by Crippen LogP contribution is -2.37. The number of aliphatic hydroxyl groups excluding tert-OH is 3. The van der Waals surface area contributed by atoms with Crippen molar-refractivity contribution in [3.05, 3.63) is 0 Å². The molecule has 1 saturated heterocycles. The number of unbranched alkanes of at least 4 members (excludes halogenated alkanes) is 12. The SMILES string of the molecule is CCCCCCCCCCCCCCC[C@H](O)C[C@H](O)C[C@H](C[C@@H]1C[C@@H](O)CC(=O)O1)OC(C)=O. The van der Waals surface area contributed by atoms with E-state index in [1.807, 2.05) is 0 Å². The zero-order valence-corrected chi connectivity index (χ0v) is 22.3. The minimum absolute atomic E-state index is 0.0251. The van der Waals surface area contributed by atoms with Gasteiger partial charge in [-0.3, -0.25) is 9.59 Å². The largest absolute Gasteiger partial charge is 0.462 e. The average Bonchev–Trinajstić information content (AvgIpc) is 2.75. The number of ether oxygens (including phenoxy) is 2. The Bertz CT molecular complexity index is 553. The molecule has 1 rings (SSSR count). The predicted octanol–water partition coefficient (Wildman–Crippen LogP) is 5.36. The zero-order valence-electron chi connectivity index (χ0n) is 22.3. The molecule has 1 heterocycles. The summed E-state index contributed by atoms with van der Waals surface area (Å²) in [5, 5.41) is 30.5. The number of aliphatic hydroxyl groups is 3. The Morgan fingerprint density at radius 1 is 0.914 bits per heavy atom. The summed E-state index contributed by atoms with van der Waals surface area (Å²) in [5.41, 5.74) is 0. The molecule has 0 saturated carbocycles. The van der Waals surface area contributed by atoms with E-state index in [-0.39, 0.29) is 25.7 Å². The summed E-state index contributed by atoms with van der Waals surface area (Å²) in [6.07, 6.45) is 14.8. The third-order valence-corrected chi connectivity index (χ3v) is 6.81. The number of hydrogen-bond donors (Lipinski definition) is 3. The third-order valence-electron chi connectivity index (χ3n) is 6.81. The van der Waals surface area contributed by atoms with E-state index in [9.17, 15) is 24.9 Å². The number of hydrogen-bond acceptors (Lipinski definition) is 7. The quantitative estimate of drug-likeness (QED) is 0.144. The normalized spacial score (nSPS) is 20.8. The molecule has 0 aromatic heterocycles. The molecule has 0 bridgehead atoms. The second-order valence-electron chi connectivity index (χ2n) is 10.5. The van der Waals surface area contributed by atoms with Gasteiger partial charge in [-0.15, -0.1) is 0 Å². The fraction of sp³-hybridized carbons (Fsp3) is 0.929. The highest BCUT2D eigenvalue weighted by molar-refractivity contribution is 5.71. The highest BCUT2D eigenvalue weighted by Gasteiger charge is 2.31. The molecular formula is C28H52O7. The van der Waals surface area contributed by atoms with Crippen molar-refractivity contribution in [2.24, 2.45) is 0 Å². The van der Waals surface area contributed by atoms with Gasteiger partial charge in [0.1, 0.15) is 12.2 Å². The maximum Gasteiger partial charge on any atom is 0.308 e. The molecule has 0 aliphatic carbocycles. The number of carbonyl (C=O) groups is 2. The van der Waals surface area contributed by atoms with Crippen molar-refractivity contribution in [3.63, 3.8) is 0 Å². The Kier molecular flexibility index (Phi) is 18.1. The standard InChI is InChI=1S/C28H52O7/c1-3-4-5-6-7-8-9-10-11-12-13-14-15-16-23(30)17-24(31)18-26(34-22(2)29)21-27-19-25(32)20-28(33)35-27/h23-27,30-32H,3-21H2,1-2H3/t23-,24-,25+,26+,27-/m0/s1. The second kappa shape index (κ2) is 19.9. The van der Waals surface area contributed by atoms with Crippen LogP contribution < -0.4 is 0 Å². The molecule has 7 heteroatoms. The first-order valence-corrected chi connectivity index (χ1v) is 14.2. The van der Waals surface area contributed by atoms with Crippen molar-refractivity contribution < 1.29 is 34.4 Å². The van der Waals surface area contributed by atoms with Gasteiger partial charge in [0.15, 0.2) is 0 Å². The number of cyclic esters (lactones) is 1. The molecule has 0 unspecified atom stereocenters. The van der Waals surface area contributed by atoms with Gasteiger partial charge >= 0.3 is 11.9 Å². The summed E-state index contributed by atoms with van der Waals surface area (Å²) in [6.45, 7) is 3.55. The Morgan fingerprint density at radius 2 is 1.46 bits per heavy atom. The van der Waals surface area contributed by atoms with Crippen LogP contribution in [0.25, 0.3) is 0 Å². The van der Waals surface area contributed by atoms with Gasteiger partial charge in [-0.05, 0) is 12.8 Å². The van der Waals surface area contributed by atoms with E-state index in [4.69, 9.17) is 9.47 Å². The van der Waals surface area contributed by atoms with Crippen LogP contribution in [0, 0.1) is 0 Å². The van der Waals surface area contributed by atoms with Crippen LogP contribution >= 0.6 is 0 Å². The predicted molar refractivity (Wildman–Crippen MR) is 137 cm³/mol. The Morgan fingerprint density at radius 3 is 1.97 bits per heavy atom. The molecule has 0 aromatic rings. The van der Waals surface area contributed by atoms with Crippen LogP contribution in [0.3, 0.4) is 0 Å². The third kappa shape index (κ3) is 17.8. The maximum atomic E-state index is 11.5. The van der Waals surface area contributed by atoms with Crippen molar-refractivity contribution in [1.82, 2.24) is 0 Å². The van der Waals surface area contributed by atoms with Crippen LogP contribution in [0.4, 0.5) is 0 Å². The Labute approximate surface area is 213 Å². The summed E-state index contributed by atoms with van der Waals surface area (Å²) in [7, 11) is 0. The fourth-order valence-electron chi connectivity index (χ4n) is 4.96. The summed E-state index contributed by atoms with van der Waals surface area (Å²) >= 11 is 0. The van der Waals surface area contributed by atoms with Crippen LogP contribution in [-0.2, 0) is 19.1 Å². The van der Waals surface area contributed by atoms with Crippen molar-refractivity contribution in [3.8, 4) is 0 Å². The van der Waals surface area contributed by atoms with Gasteiger partial charge in [-0.25, -0.2) is 0 Å². The van der Waals surface area contributed by atoms with Crippen molar-refractivity contribution in [2.75, 3.05) is 0 Å². The molecule has 0 spiro atoms. The van der Waals surface area contributed by atoms with Crippen molar-refractivity contribution in [1.29, 1.82) is 0 Å². The minimum atomic E-state index is -0.819. The Balaban J connectivity index is 2.12. The molecule has 0 radical (unpaired) electrons. The number of esters is 2. The van der Waals surface area contributed by atoms with E-state index in [0.717, 1.165) is 12.8 Å². The second-order valence-corrected chi connectivity index (χ2v) is 10.5. The molecule has 0 amide bonds. The van der Waals surface area contributed by atoms with E-state index in [0.29, 0.717) is 12.8 Å². The first-order valence-electron chi connectivity index (χ1n) is 14.2. The van der Waals surface area contributed by atoms with Crippen LogP contribution in [0.5, 0.6) is 0 Å². The summed E-state index contributed by atoms with van der Waals surface area (Å²) in [6, 6.07) is 0. The van der Waals surface area contributed by atoms with Crippen molar-refractivity contribution >= 4 is 11.9 Å². The van der Waals surface area contributed by atoms with Gasteiger partial charge in [0.2, 0.25) is 0 Å². The lowest BCUT2D eigenvalue weighted by Gasteiger charge is -2.29. The molecular weight excluding hydrogens is 448 g/mol. The molecule has 5 atom stereocenters. The minimum Gasteiger partial charge on any atom is -0.462 e. The highest BCUT2D eigenvalue weighted by atomic mass is 16.6. The molecule has 35 heavy (non-hydrogen) atoms. The monoisotopic (exact) mass is 500 g/mol. The molecule has 1 fully saturated rings. The average molecular weight is 501 g/mol. The number of carbonyl (C=O) groups excluding carboxylic acids is 2. The fourth-order valence-corrected chi connectivity index (χ4v) is 4.96. The van der Waals surface area contributed by atoms with Crippen LogP contribution in [0.15, 0.2) is 0 Å². The number of rotatable bonds is 21. The van der Waals surface area contributed by atoms with Gasteiger partial charge in [-0.2, -0.15) is 0 Å². The van der Waals surface area contributed by atoms with Crippen LogP contribution in [0.2, 0.25) is 0 Å². The van der Waals surface area contributed by atoms with E-state index in [2.05, 4.69) is 6.92 Å². The summed E-state index contributed by atoms with van der Waals surface area (Å²) in [4.78, 5) is 23.0. The molecule has 1 aliphatic heterocycles. The topological polar surface area (TPSA) is 113 Å². The zero-order chi connectivity index (χ0) is 25.9. The van der Waals surface area contributed by atoms with Crippen LogP contribution in [0.1, 0.15) is 136 Å². The van der Waals surface area contributed by atoms with E-state index in [1.165, 1.54) is 77.6 Å². The van der Waals surface area contributed by atoms with Gasteiger partial charge in [0.25, 0.3) is 0 Å². The first kappa shape index (κ1) is 31.8. The summed E-state index contributed by atoms with van der Waals surface area (Å²) < 4.78 is 10.5. The molecule has 3 N–H and O–H groups in total. The molecule has 0 aromatic carbocycles. The van der Waals surface area contributed by atoms with E-state index >= 15 is 0 Å². The molecule has 7 nitrogen and oxygen atoms in total. The van der Waals surface area contributed by atoms with Gasteiger partial charge < -0.3 is 24.8 Å². The van der Waals surface area contributed by atoms with Crippen molar-refractivity contribution in [2.45, 2.75) is 166 Å². The lowest BCUT2D eigenvalue weighted by atomic mass is 9.95. The molecule has 206 valence electrons.